The van der Waals surface area contributed by atoms with Crippen molar-refractivity contribution in [1.29, 1.82) is 0 Å². The molecule has 0 aliphatic heterocycles. The summed E-state index contributed by atoms with van der Waals surface area (Å²) in [5, 5.41) is 1.01. The van der Waals surface area contributed by atoms with Crippen LogP contribution in [0.25, 0.3) is 10.9 Å². The van der Waals surface area contributed by atoms with Crippen molar-refractivity contribution in [2.45, 2.75) is 6.54 Å². The smallest absolute Gasteiger partial charge is 0.124 e. The molecule has 0 saturated carbocycles. The molecule has 0 unspecified atom stereocenters. The van der Waals surface area contributed by atoms with Crippen LogP contribution in [0.3, 0.4) is 0 Å². The third-order valence-corrected chi connectivity index (χ3v) is 3.13. The predicted octanol–water partition coefficient (Wildman–Crippen LogP) is 3.23. The van der Waals surface area contributed by atoms with Crippen LogP contribution in [0, 0.1) is 17.7 Å². The standard InChI is InChI=1S/C18H13FN2/c19-16-3-1-2-13(11-16)4-5-14-6-9-18-15(10-14)7-8-17(12-20)21-18/h1-3,6-11H,12,20H2. The Balaban J connectivity index is 1.95. The molecule has 3 aromatic rings. The Labute approximate surface area is 122 Å². The summed E-state index contributed by atoms with van der Waals surface area (Å²) in [6, 6.07) is 15.9. The van der Waals surface area contributed by atoms with Gasteiger partial charge < -0.3 is 5.73 Å². The van der Waals surface area contributed by atoms with E-state index in [2.05, 4.69) is 16.8 Å². The van der Waals surface area contributed by atoms with E-state index in [9.17, 15) is 4.39 Å². The quantitative estimate of drug-likeness (QED) is 0.693. The molecule has 2 N–H and O–H groups in total. The van der Waals surface area contributed by atoms with Gasteiger partial charge in [0.25, 0.3) is 0 Å². The molecule has 2 aromatic carbocycles. The molecule has 0 atom stereocenters. The molecule has 1 heterocycles. The second-order valence-corrected chi connectivity index (χ2v) is 4.67. The maximum atomic E-state index is 13.1. The third-order valence-electron chi connectivity index (χ3n) is 3.13. The van der Waals surface area contributed by atoms with Gasteiger partial charge in [-0.25, -0.2) is 4.39 Å². The van der Waals surface area contributed by atoms with Crippen molar-refractivity contribution < 1.29 is 4.39 Å². The Morgan fingerprint density at radius 3 is 2.52 bits per heavy atom. The van der Waals surface area contributed by atoms with Crippen LogP contribution in [0.5, 0.6) is 0 Å². The first kappa shape index (κ1) is 13.3. The maximum absolute atomic E-state index is 13.1. The molecular weight excluding hydrogens is 263 g/mol. The van der Waals surface area contributed by atoms with Crippen molar-refractivity contribution in [1.82, 2.24) is 4.98 Å². The van der Waals surface area contributed by atoms with Gasteiger partial charge in [-0.3, -0.25) is 4.98 Å². The van der Waals surface area contributed by atoms with Crippen LogP contribution >= 0.6 is 0 Å². The number of hydrogen-bond acceptors (Lipinski definition) is 2. The van der Waals surface area contributed by atoms with Crippen LogP contribution in [0.15, 0.2) is 54.6 Å². The summed E-state index contributed by atoms with van der Waals surface area (Å²) in [4.78, 5) is 4.44. The number of aromatic nitrogens is 1. The minimum atomic E-state index is -0.279. The summed E-state index contributed by atoms with van der Waals surface area (Å²) < 4.78 is 13.1. The molecule has 0 radical (unpaired) electrons. The Hall–Kier alpha value is -2.70. The van der Waals surface area contributed by atoms with E-state index in [4.69, 9.17) is 5.73 Å². The lowest BCUT2D eigenvalue weighted by molar-refractivity contribution is 0.627. The van der Waals surface area contributed by atoms with Gasteiger partial charge in [0, 0.05) is 23.1 Å². The van der Waals surface area contributed by atoms with Crippen molar-refractivity contribution in [3.05, 3.63) is 77.2 Å². The molecule has 0 bridgehead atoms. The molecule has 1 aromatic heterocycles. The van der Waals surface area contributed by atoms with Crippen molar-refractivity contribution in [2.75, 3.05) is 0 Å². The number of nitrogens with two attached hydrogens (primary N) is 1. The van der Waals surface area contributed by atoms with Gasteiger partial charge in [0.1, 0.15) is 5.82 Å². The fourth-order valence-corrected chi connectivity index (χ4v) is 2.07. The Bertz CT molecular complexity index is 860. The normalized spacial score (nSPS) is 10.2. The second kappa shape index (κ2) is 5.74. The molecule has 0 saturated heterocycles. The molecule has 0 spiro atoms. The van der Waals surface area contributed by atoms with Gasteiger partial charge in [0.15, 0.2) is 0 Å². The summed E-state index contributed by atoms with van der Waals surface area (Å²) in [7, 11) is 0. The Morgan fingerprint density at radius 2 is 1.76 bits per heavy atom. The van der Waals surface area contributed by atoms with Crippen LogP contribution in [-0.4, -0.2) is 4.98 Å². The molecule has 2 nitrogen and oxygen atoms in total. The maximum Gasteiger partial charge on any atom is 0.124 e. The van der Waals surface area contributed by atoms with E-state index in [0.717, 1.165) is 22.2 Å². The van der Waals surface area contributed by atoms with Gasteiger partial charge in [0.2, 0.25) is 0 Å². The van der Waals surface area contributed by atoms with Gasteiger partial charge >= 0.3 is 0 Å². The van der Waals surface area contributed by atoms with Gasteiger partial charge in [-0.15, -0.1) is 0 Å². The largest absolute Gasteiger partial charge is 0.325 e. The van der Waals surface area contributed by atoms with E-state index >= 15 is 0 Å². The zero-order chi connectivity index (χ0) is 14.7. The van der Waals surface area contributed by atoms with Gasteiger partial charge in [-0.05, 0) is 42.5 Å². The highest BCUT2D eigenvalue weighted by atomic mass is 19.1. The van der Waals surface area contributed by atoms with E-state index in [1.54, 1.807) is 12.1 Å². The van der Waals surface area contributed by atoms with Gasteiger partial charge in [0.05, 0.1) is 11.2 Å². The summed E-state index contributed by atoms with van der Waals surface area (Å²) in [5.74, 6) is 5.72. The number of rotatable bonds is 1. The SMILES string of the molecule is NCc1ccc2cc(C#Cc3cccc(F)c3)ccc2n1. The van der Waals surface area contributed by atoms with Crippen LogP contribution in [0.1, 0.15) is 16.8 Å². The zero-order valence-electron chi connectivity index (χ0n) is 11.3. The van der Waals surface area contributed by atoms with Crippen LogP contribution < -0.4 is 5.73 Å². The topological polar surface area (TPSA) is 38.9 Å². The van der Waals surface area contributed by atoms with E-state index in [0.29, 0.717) is 12.1 Å². The first-order valence-electron chi connectivity index (χ1n) is 6.62. The van der Waals surface area contributed by atoms with E-state index < -0.39 is 0 Å². The van der Waals surface area contributed by atoms with Crippen LogP contribution in [0.2, 0.25) is 0 Å². The number of halogens is 1. The minimum Gasteiger partial charge on any atom is -0.325 e. The molecule has 3 rings (SSSR count). The van der Waals surface area contributed by atoms with Gasteiger partial charge in [-0.1, -0.05) is 24.0 Å². The molecule has 0 aliphatic carbocycles. The molecule has 0 fully saturated rings. The lowest BCUT2D eigenvalue weighted by Gasteiger charge is -2.01. The fraction of sp³-hybridized carbons (Fsp3) is 0.0556. The molecule has 3 heteroatoms. The highest BCUT2D eigenvalue weighted by Gasteiger charge is 1.98. The van der Waals surface area contributed by atoms with Crippen molar-refractivity contribution in [2.24, 2.45) is 5.73 Å². The van der Waals surface area contributed by atoms with Crippen molar-refractivity contribution in [3.63, 3.8) is 0 Å². The van der Waals surface area contributed by atoms with E-state index in [1.807, 2.05) is 30.3 Å². The first-order chi connectivity index (χ1) is 10.2. The lowest BCUT2D eigenvalue weighted by Crippen LogP contribution is -1.99. The molecule has 21 heavy (non-hydrogen) atoms. The van der Waals surface area contributed by atoms with E-state index in [1.165, 1.54) is 12.1 Å². The number of hydrogen-bond donors (Lipinski definition) is 1. The molecule has 0 aliphatic rings. The van der Waals surface area contributed by atoms with Crippen LogP contribution in [0.4, 0.5) is 4.39 Å². The summed E-state index contributed by atoms with van der Waals surface area (Å²) >= 11 is 0. The number of nitrogens with zero attached hydrogens (tertiary/aromatic N) is 1. The highest BCUT2D eigenvalue weighted by Crippen LogP contribution is 2.14. The lowest BCUT2D eigenvalue weighted by atomic mass is 10.1. The molecule has 0 amide bonds. The average molecular weight is 276 g/mol. The second-order valence-electron chi connectivity index (χ2n) is 4.67. The number of benzene rings is 2. The van der Waals surface area contributed by atoms with Crippen molar-refractivity contribution >= 4 is 10.9 Å². The number of pyridine rings is 1. The van der Waals surface area contributed by atoms with Gasteiger partial charge in [-0.2, -0.15) is 0 Å². The molecule has 102 valence electrons. The summed E-state index contributed by atoms with van der Waals surface area (Å²) in [5.41, 5.74) is 8.87. The van der Waals surface area contributed by atoms with Crippen LogP contribution in [-0.2, 0) is 6.54 Å². The Morgan fingerprint density at radius 1 is 0.952 bits per heavy atom. The first-order valence-corrected chi connectivity index (χ1v) is 6.62. The summed E-state index contributed by atoms with van der Waals surface area (Å²) in [6.45, 7) is 0.428. The van der Waals surface area contributed by atoms with Crippen molar-refractivity contribution in [3.8, 4) is 11.8 Å². The fourth-order valence-electron chi connectivity index (χ4n) is 2.07. The van der Waals surface area contributed by atoms with E-state index in [-0.39, 0.29) is 5.82 Å². The monoisotopic (exact) mass is 276 g/mol. The molecular formula is C18H13FN2. The Kier molecular flexibility index (Phi) is 3.63. The summed E-state index contributed by atoms with van der Waals surface area (Å²) in [6.07, 6.45) is 0. The predicted molar refractivity (Wildman–Crippen MR) is 82.0 cm³/mol. The highest BCUT2D eigenvalue weighted by molar-refractivity contribution is 5.80. The number of fused-ring (bicyclic) bond motifs is 1. The minimum absolute atomic E-state index is 0.279. The third kappa shape index (κ3) is 3.07. The average Bonchev–Trinajstić information content (AvgIpc) is 2.52. The zero-order valence-corrected chi connectivity index (χ0v) is 11.3.